The zero-order valence-electron chi connectivity index (χ0n) is 5.56. The number of para-hydroxylation sites is 1. The first-order valence-electron chi connectivity index (χ1n) is 2.91. The maximum absolute atomic E-state index is 9.74. The average molecular weight is 154 g/mol. The van der Waals surface area contributed by atoms with E-state index in [2.05, 4.69) is 4.84 Å². The summed E-state index contributed by atoms with van der Waals surface area (Å²) < 4.78 is 0. The van der Waals surface area contributed by atoms with Crippen LogP contribution in [0.1, 0.15) is 0 Å². The van der Waals surface area contributed by atoms with Crippen LogP contribution in [0.15, 0.2) is 30.3 Å². The normalized spacial score (nSPS) is 8.73. The van der Waals surface area contributed by atoms with Gasteiger partial charge in [0.25, 0.3) is 0 Å². The SMILES string of the molecule is O=[N+]([O-])NOc1ccccc1. The second-order valence-corrected chi connectivity index (χ2v) is 1.76. The highest BCUT2D eigenvalue weighted by molar-refractivity contribution is 5.20. The van der Waals surface area contributed by atoms with Crippen LogP contribution in [0, 0.1) is 10.1 Å². The molecule has 0 aliphatic heterocycles. The quantitative estimate of drug-likeness (QED) is 0.515. The molecule has 0 unspecified atom stereocenters. The lowest BCUT2D eigenvalue weighted by molar-refractivity contribution is -0.592. The van der Waals surface area contributed by atoms with E-state index in [9.17, 15) is 10.1 Å². The van der Waals surface area contributed by atoms with Crippen molar-refractivity contribution in [1.29, 1.82) is 0 Å². The fourth-order valence-electron chi connectivity index (χ4n) is 0.579. The predicted octanol–water partition coefficient (Wildman–Crippen LogP) is 0.762. The summed E-state index contributed by atoms with van der Waals surface area (Å²) in [6, 6.07) is 8.44. The Labute approximate surface area is 62.7 Å². The summed E-state index contributed by atoms with van der Waals surface area (Å²) >= 11 is 0. The lowest BCUT2D eigenvalue weighted by Crippen LogP contribution is -2.25. The fourth-order valence-corrected chi connectivity index (χ4v) is 0.579. The Bertz CT molecular complexity index is 237. The highest BCUT2D eigenvalue weighted by atomic mass is 16.8. The van der Waals surface area contributed by atoms with Gasteiger partial charge in [0.05, 0.1) is 0 Å². The summed E-state index contributed by atoms with van der Waals surface area (Å²) in [7, 11) is 0. The fraction of sp³-hybridized carbons (Fsp3) is 0. The van der Waals surface area contributed by atoms with Gasteiger partial charge in [-0.25, -0.2) is 10.1 Å². The third-order valence-electron chi connectivity index (χ3n) is 0.981. The van der Waals surface area contributed by atoms with Gasteiger partial charge in [0.2, 0.25) is 0 Å². The molecule has 1 N–H and O–H groups in total. The minimum Gasteiger partial charge on any atom is -0.330 e. The van der Waals surface area contributed by atoms with Gasteiger partial charge in [0.1, 0.15) is 0 Å². The molecule has 58 valence electrons. The molecule has 11 heavy (non-hydrogen) atoms. The molecular formula is C6H6N2O3. The van der Waals surface area contributed by atoms with E-state index < -0.39 is 5.03 Å². The lowest BCUT2D eigenvalue weighted by Gasteiger charge is -1.97. The molecule has 0 saturated heterocycles. The van der Waals surface area contributed by atoms with E-state index in [0.717, 1.165) is 0 Å². The molecule has 1 rings (SSSR count). The molecule has 0 bridgehead atoms. The van der Waals surface area contributed by atoms with Gasteiger partial charge in [-0.2, -0.15) is 0 Å². The Morgan fingerprint density at radius 3 is 2.55 bits per heavy atom. The van der Waals surface area contributed by atoms with E-state index in [4.69, 9.17) is 0 Å². The second kappa shape index (κ2) is 3.40. The van der Waals surface area contributed by atoms with Crippen molar-refractivity contribution >= 4 is 0 Å². The molecule has 0 fully saturated rings. The monoisotopic (exact) mass is 154 g/mol. The molecule has 0 heterocycles. The van der Waals surface area contributed by atoms with Crippen molar-refractivity contribution in [3.05, 3.63) is 40.4 Å². The molecule has 1 aromatic carbocycles. The van der Waals surface area contributed by atoms with E-state index in [-0.39, 0.29) is 0 Å². The second-order valence-electron chi connectivity index (χ2n) is 1.76. The minimum atomic E-state index is -0.771. The minimum absolute atomic E-state index is 0.407. The van der Waals surface area contributed by atoms with Crippen molar-refractivity contribution in [2.45, 2.75) is 0 Å². The number of nitro groups is 1. The topological polar surface area (TPSA) is 64.4 Å². The molecule has 0 saturated carbocycles. The van der Waals surface area contributed by atoms with E-state index in [1.54, 1.807) is 35.9 Å². The number of hydrogen-bond donors (Lipinski definition) is 1. The average Bonchev–Trinajstić information content (AvgIpc) is 2.03. The standard InChI is InChI=1S/C6H6N2O3/c9-8(10)7-11-6-4-2-1-3-5-6/h1-5,7H. The molecule has 1 aromatic rings. The Morgan fingerprint density at radius 1 is 1.36 bits per heavy atom. The van der Waals surface area contributed by atoms with Crippen LogP contribution >= 0.6 is 0 Å². The van der Waals surface area contributed by atoms with Gasteiger partial charge in [-0.3, -0.25) is 0 Å². The lowest BCUT2D eigenvalue weighted by atomic mass is 10.3. The summed E-state index contributed by atoms with van der Waals surface area (Å²) in [6.07, 6.45) is 0. The van der Waals surface area contributed by atoms with Gasteiger partial charge < -0.3 is 4.84 Å². The van der Waals surface area contributed by atoms with E-state index in [1.807, 2.05) is 0 Å². The molecule has 0 aliphatic carbocycles. The summed E-state index contributed by atoms with van der Waals surface area (Å²) in [6.45, 7) is 0. The Hall–Kier alpha value is -1.78. The third-order valence-corrected chi connectivity index (χ3v) is 0.981. The van der Waals surface area contributed by atoms with Crippen LogP contribution in [0.3, 0.4) is 0 Å². The summed E-state index contributed by atoms with van der Waals surface area (Å²) in [5, 5.41) is 8.97. The zero-order valence-corrected chi connectivity index (χ0v) is 5.56. The number of benzene rings is 1. The van der Waals surface area contributed by atoms with Gasteiger partial charge in [-0.15, -0.1) is 0 Å². The van der Waals surface area contributed by atoms with Crippen LogP contribution in [-0.2, 0) is 0 Å². The number of rotatable bonds is 3. The first kappa shape index (κ1) is 7.33. The predicted molar refractivity (Wildman–Crippen MR) is 37.2 cm³/mol. The van der Waals surface area contributed by atoms with Gasteiger partial charge in [0, 0.05) is 5.59 Å². The van der Waals surface area contributed by atoms with Gasteiger partial charge >= 0.3 is 0 Å². The van der Waals surface area contributed by atoms with Gasteiger partial charge in [-0.05, 0) is 12.1 Å². The van der Waals surface area contributed by atoms with Crippen LogP contribution in [0.5, 0.6) is 5.75 Å². The van der Waals surface area contributed by atoms with Gasteiger partial charge in [-0.1, -0.05) is 18.2 Å². The van der Waals surface area contributed by atoms with Crippen LogP contribution < -0.4 is 10.4 Å². The maximum atomic E-state index is 9.74. The van der Waals surface area contributed by atoms with Crippen LogP contribution in [0.4, 0.5) is 0 Å². The largest absolute Gasteiger partial charge is 0.330 e. The third kappa shape index (κ3) is 2.53. The number of nitrogens with one attached hydrogen (secondary N) is 1. The number of nitrogens with zero attached hydrogens (tertiary/aromatic N) is 1. The summed E-state index contributed by atoms with van der Waals surface area (Å²) in [5.41, 5.74) is 1.58. The summed E-state index contributed by atoms with van der Waals surface area (Å²) in [5.74, 6) is 0.407. The maximum Gasteiger partial charge on any atom is 0.194 e. The van der Waals surface area contributed by atoms with Crippen molar-refractivity contribution in [3.63, 3.8) is 0 Å². The Balaban J connectivity index is 2.45. The molecule has 0 aliphatic rings. The molecular weight excluding hydrogens is 148 g/mol. The number of hydrazine groups is 1. The van der Waals surface area contributed by atoms with E-state index >= 15 is 0 Å². The molecule has 0 aromatic heterocycles. The molecule has 0 atom stereocenters. The molecule has 0 radical (unpaired) electrons. The molecule has 0 spiro atoms. The highest BCUT2D eigenvalue weighted by Gasteiger charge is 1.94. The number of hydrogen-bond acceptors (Lipinski definition) is 3. The van der Waals surface area contributed by atoms with Crippen molar-refractivity contribution in [1.82, 2.24) is 5.59 Å². The molecule has 5 nitrogen and oxygen atoms in total. The first-order chi connectivity index (χ1) is 5.29. The van der Waals surface area contributed by atoms with Crippen molar-refractivity contribution in [2.24, 2.45) is 0 Å². The van der Waals surface area contributed by atoms with E-state index in [1.165, 1.54) is 0 Å². The van der Waals surface area contributed by atoms with Gasteiger partial charge in [0.15, 0.2) is 10.8 Å². The molecule has 5 heteroatoms. The van der Waals surface area contributed by atoms with Crippen molar-refractivity contribution < 1.29 is 9.87 Å². The Kier molecular flexibility index (Phi) is 2.27. The van der Waals surface area contributed by atoms with E-state index in [0.29, 0.717) is 5.75 Å². The first-order valence-corrected chi connectivity index (χ1v) is 2.91. The van der Waals surface area contributed by atoms with Crippen molar-refractivity contribution in [3.8, 4) is 5.75 Å². The summed E-state index contributed by atoms with van der Waals surface area (Å²) in [4.78, 5) is 14.3. The Morgan fingerprint density at radius 2 is 2.00 bits per heavy atom. The zero-order chi connectivity index (χ0) is 8.10. The smallest absolute Gasteiger partial charge is 0.194 e. The van der Waals surface area contributed by atoms with Crippen LogP contribution in [0.25, 0.3) is 0 Å². The van der Waals surface area contributed by atoms with Crippen molar-refractivity contribution in [2.75, 3.05) is 0 Å². The van der Waals surface area contributed by atoms with Crippen LogP contribution in [0.2, 0.25) is 0 Å². The highest BCUT2D eigenvalue weighted by Crippen LogP contribution is 2.05. The molecule has 0 amide bonds. The van der Waals surface area contributed by atoms with Crippen LogP contribution in [-0.4, -0.2) is 5.03 Å².